The summed E-state index contributed by atoms with van der Waals surface area (Å²) < 4.78 is 10.3. The molecular formula is C12H18O4. The van der Waals surface area contributed by atoms with Gasteiger partial charge in [-0.25, -0.2) is 4.79 Å². The molecule has 4 heteroatoms. The van der Waals surface area contributed by atoms with E-state index >= 15 is 0 Å². The van der Waals surface area contributed by atoms with Crippen molar-refractivity contribution in [2.45, 2.75) is 39.2 Å². The van der Waals surface area contributed by atoms with Gasteiger partial charge in [-0.1, -0.05) is 6.92 Å². The lowest BCUT2D eigenvalue weighted by Crippen LogP contribution is -2.11. The van der Waals surface area contributed by atoms with E-state index in [1.807, 2.05) is 6.92 Å². The van der Waals surface area contributed by atoms with Gasteiger partial charge >= 0.3 is 5.63 Å². The monoisotopic (exact) mass is 226 g/mol. The summed E-state index contributed by atoms with van der Waals surface area (Å²) in [5.74, 6) is 1.07. The van der Waals surface area contributed by atoms with Crippen molar-refractivity contribution in [2.75, 3.05) is 7.11 Å². The minimum Gasteiger partial charge on any atom is -0.496 e. The van der Waals surface area contributed by atoms with Crippen molar-refractivity contribution < 1.29 is 14.3 Å². The van der Waals surface area contributed by atoms with Crippen molar-refractivity contribution in [3.8, 4) is 5.75 Å². The molecule has 0 aliphatic rings. The molecular weight excluding hydrogens is 208 g/mol. The average Bonchev–Trinajstić information content (AvgIpc) is 2.20. The van der Waals surface area contributed by atoms with E-state index < -0.39 is 6.10 Å². The maximum Gasteiger partial charge on any atom is 0.342 e. The van der Waals surface area contributed by atoms with Crippen LogP contribution in [-0.2, 0) is 0 Å². The van der Waals surface area contributed by atoms with Crippen LogP contribution in [0.3, 0.4) is 0 Å². The predicted octanol–water partition coefficient (Wildman–Crippen LogP) is 1.83. The van der Waals surface area contributed by atoms with Gasteiger partial charge in [0.15, 0.2) is 0 Å². The summed E-state index contributed by atoms with van der Waals surface area (Å²) in [6.45, 7) is 5.27. The predicted molar refractivity (Wildman–Crippen MR) is 61.0 cm³/mol. The molecule has 16 heavy (non-hydrogen) atoms. The van der Waals surface area contributed by atoms with Gasteiger partial charge in [0, 0.05) is 12.0 Å². The van der Waals surface area contributed by atoms with Gasteiger partial charge in [0.2, 0.25) is 0 Å². The largest absolute Gasteiger partial charge is 0.496 e. The molecule has 1 aromatic rings. The Morgan fingerprint density at radius 3 is 2.62 bits per heavy atom. The number of methoxy groups -OCH3 is 1. The van der Waals surface area contributed by atoms with Gasteiger partial charge in [-0.2, -0.15) is 0 Å². The molecule has 0 aliphatic heterocycles. The normalized spacial score (nSPS) is 14.6. The van der Waals surface area contributed by atoms with Crippen LogP contribution in [0.25, 0.3) is 0 Å². The zero-order valence-electron chi connectivity index (χ0n) is 10.1. The molecule has 1 heterocycles. The second kappa shape index (κ2) is 5.16. The molecule has 0 spiro atoms. The highest BCUT2D eigenvalue weighted by Gasteiger charge is 2.15. The van der Waals surface area contributed by atoms with Crippen LogP contribution in [0.4, 0.5) is 0 Å². The highest BCUT2D eigenvalue weighted by atomic mass is 16.5. The first-order valence-corrected chi connectivity index (χ1v) is 5.32. The third kappa shape index (κ3) is 2.85. The fraction of sp³-hybridized carbons (Fsp3) is 0.583. The lowest BCUT2D eigenvalue weighted by molar-refractivity contribution is 0.171. The number of rotatable bonds is 4. The quantitative estimate of drug-likeness (QED) is 0.850. The van der Waals surface area contributed by atoms with Crippen molar-refractivity contribution in [1.29, 1.82) is 0 Å². The summed E-state index contributed by atoms with van der Waals surface area (Å²) in [6, 6.07) is 1.71. The summed E-state index contributed by atoms with van der Waals surface area (Å²) >= 11 is 0. The van der Waals surface area contributed by atoms with Gasteiger partial charge in [-0.3, -0.25) is 0 Å². The first-order valence-electron chi connectivity index (χ1n) is 5.32. The third-order valence-electron chi connectivity index (χ3n) is 2.56. The number of hydrogen-bond acceptors (Lipinski definition) is 4. The first kappa shape index (κ1) is 12.8. The van der Waals surface area contributed by atoms with E-state index in [4.69, 9.17) is 9.15 Å². The first-order chi connectivity index (χ1) is 7.45. The Morgan fingerprint density at radius 2 is 2.12 bits per heavy atom. The Morgan fingerprint density at radius 1 is 1.50 bits per heavy atom. The molecule has 1 rings (SSSR count). The van der Waals surface area contributed by atoms with Crippen LogP contribution in [0, 0.1) is 6.92 Å². The number of ether oxygens (including phenoxy) is 1. The van der Waals surface area contributed by atoms with Crippen LogP contribution in [0.15, 0.2) is 15.3 Å². The van der Waals surface area contributed by atoms with E-state index in [0.29, 0.717) is 23.5 Å². The lowest BCUT2D eigenvalue weighted by atomic mass is 10.0. The molecule has 2 unspecified atom stereocenters. The van der Waals surface area contributed by atoms with Crippen LogP contribution >= 0.6 is 0 Å². The second-order valence-corrected chi connectivity index (χ2v) is 4.12. The van der Waals surface area contributed by atoms with Gasteiger partial charge in [0.05, 0.1) is 18.8 Å². The molecule has 0 saturated heterocycles. The maximum absolute atomic E-state index is 11.5. The molecule has 0 amide bonds. The van der Waals surface area contributed by atoms with Crippen LogP contribution in [-0.4, -0.2) is 18.3 Å². The highest BCUT2D eigenvalue weighted by molar-refractivity contribution is 5.31. The molecule has 0 radical (unpaired) electrons. The SMILES string of the molecule is COc1cc(C(C)CC(C)O)oc(=O)c1C. The van der Waals surface area contributed by atoms with Crippen molar-refractivity contribution in [3.05, 3.63) is 27.8 Å². The topological polar surface area (TPSA) is 59.7 Å². The fourth-order valence-electron chi connectivity index (χ4n) is 1.63. The van der Waals surface area contributed by atoms with Gasteiger partial charge < -0.3 is 14.3 Å². The fourth-order valence-corrected chi connectivity index (χ4v) is 1.63. The molecule has 2 atom stereocenters. The van der Waals surface area contributed by atoms with Crippen molar-refractivity contribution >= 4 is 0 Å². The molecule has 0 saturated carbocycles. The van der Waals surface area contributed by atoms with Crippen LogP contribution in [0.5, 0.6) is 5.75 Å². The van der Waals surface area contributed by atoms with Gasteiger partial charge in [0.1, 0.15) is 11.5 Å². The maximum atomic E-state index is 11.5. The third-order valence-corrected chi connectivity index (χ3v) is 2.56. The zero-order valence-corrected chi connectivity index (χ0v) is 10.1. The van der Waals surface area contributed by atoms with E-state index in [0.717, 1.165) is 0 Å². The highest BCUT2D eigenvalue weighted by Crippen LogP contribution is 2.24. The van der Waals surface area contributed by atoms with E-state index in [1.54, 1.807) is 19.9 Å². The number of aliphatic hydroxyl groups is 1. The van der Waals surface area contributed by atoms with Crippen LogP contribution < -0.4 is 10.4 Å². The van der Waals surface area contributed by atoms with Crippen molar-refractivity contribution in [2.24, 2.45) is 0 Å². The molecule has 1 N–H and O–H groups in total. The standard InChI is InChI=1S/C12H18O4/c1-7(5-8(2)13)10-6-11(15-4)9(3)12(14)16-10/h6-8,13H,5H2,1-4H3. The number of hydrogen-bond donors (Lipinski definition) is 1. The van der Waals surface area contributed by atoms with E-state index in [1.165, 1.54) is 7.11 Å². The molecule has 1 aromatic heterocycles. The Bertz CT molecular complexity index is 406. The van der Waals surface area contributed by atoms with Crippen molar-refractivity contribution in [1.82, 2.24) is 0 Å². The van der Waals surface area contributed by atoms with E-state index in [9.17, 15) is 9.90 Å². The van der Waals surface area contributed by atoms with Gasteiger partial charge in [0.25, 0.3) is 0 Å². The van der Waals surface area contributed by atoms with E-state index in [2.05, 4.69) is 0 Å². The minimum atomic E-state index is -0.424. The summed E-state index contributed by atoms with van der Waals surface area (Å²) in [5.41, 5.74) is 0.0855. The van der Waals surface area contributed by atoms with Gasteiger partial charge in [-0.15, -0.1) is 0 Å². The minimum absolute atomic E-state index is 0.0119. The molecule has 0 aromatic carbocycles. The Labute approximate surface area is 94.9 Å². The van der Waals surface area contributed by atoms with Crippen LogP contribution in [0.2, 0.25) is 0 Å². The van der Waals surface area contributed by atoms with Gasteiger partial charge in [-0.05, 0) is 20.3 Å². The molecule has 0 bridgehead atoms. The Hall–Kier alpha value is -1.29. The van der Waals surface area contributed by atoms with Crippen molar-refractivity contribution in [3.63, 3.8) is 0 Å². The molecule has 0 fully saturated rings. The summed E-state index contributed by atoms with van der Waals surface area (Å²) in [6.07, 6.45) is 0.127. The Balaban J connectivity index is 3.06. The summed E-state index contributed by atoms with van der Waals surface area (Å²) in [7, 11) is 1.52. The summed E-state index contributed by atoms with van der Waals surface area (Å²) in [4.78, 5) is 11.5. The lowest BCUT2D eigenvalue weighted by Gasteiger charge is -2.13. The average molecular weight is 226 g/mol. The van der Waals surface area contributed by atoms with E-state index in [-0.39, 0.29) is 11.5 Å². The molecule has 4 nitrogen and oxygen atoms in total. The summed E-state index contributed by atoms with van der Waals surface area (Å²) in [5, 5.41) is 9.28. The smallest absolute Gasteiger partial charge is 0.342 e. The second-order valence-electron chi connectivity index (χ2n) is 4.12. The molecule has 0 aliphatic carbocycles. The molecule has 90 valence electrons. The number of aliphatic hydroxyl groups excluding tert-OH is 1. The van der Waals surface area contributed by atoms with Crippen LogP contribution in [0.1, 0.15) is 37.5 Å². The zero-order chi connectivity index (χ0) is 12.3. The Kier molecular flexibility index (Phi) is 4.12.